The van der Waals surface area contributed by atoms with Crippen molar-refractivity contribution in [1.82, 2.24) is 5.32 Å². The molecule has 1 aromatic carbocycles. The van der Waals surface area contributed by atoms with Crippen molar-refractivity contribution in [3.05, 3.63) is 29.8 Å². The molecule has 0 bridgehead atoms. The van der Waals surface area contributed by atoms with Crippen molar-refractivity contribution in [3.63, 3.8) is 0 Å². The van der Waals surface area contributed by atoms with E-state index in [0.29, 0.717) is 6.61 Å². The molecule has 1 aromatic rings. The summed E-state index contributed by atoms with van der Waals surface area (Å²) in [5.74, 6) is 3.36. The molecular weight excluding hydrogens is 234 g/mol. The lowest BCUT2D eigenvalue weighted by molar-refractivity contribution is 0.365. The number of ether oxygens (including phenoxy) is 1. The van der Waals surface area contributed by atoms with Gasteiger partial charge < -0.3 is 10.1 Å². The minimum Gasteiger partial charge on any atom is -0.481 e. The highest BCUT2D eigenvalue weighted by Crippen LogP contribution is 2.17. The summed E-state index contributed by atoms with van der Waals surface area (Å²) in [6.45, 7) is 4.39. The van der Waals surface area contributed by atoms with Gasteiger partial charge in [0.25, 0.3) is 0 Å². The normalized spacial score (nSPS) is 9.18. The van der Waals surface area contributed by atoms with Crippen LogP contribution in [0, 0.1) is 12.3 Å². The van der Waals surface area contributed by atoms with E-state index in [1.165, 1.54) is 12.8 Å². The Balaban J connectivity index is 0.00000256. The molecule has 0 saturated heterocycles. The number of terminal acetylenes is 1. The Morgan fingerprint density at radius 1 is 1.35 bits per heavy atom. The largest absolute Gasteiger partial charge is 0.481 e. The number of nitrogens with one attached hydrogen (secondary N) is 1. The summed E-state index contributed by atoms with van der Waals surface area (Å²) >= 11 is 0. The zero-order chi connectivity index (χ0) is 11.6. The zero-order valence-corrected chi connectivity index (χ0v) is 11.1. The van der Waals surface area contributed by atoms with Gasteiger partial charge in [-0.2, -0.15) is 0 Å². The third-order valence-electron chi connectivity index (χ3n) is 2.31. The Morgan fingerprint density at radius 2 is 2.12 bits per heavy atom. The van der Waals surface area contributed by atoms with Crippen molar-refractivity contribution in [2.45, 2.75) is 26.3 Å². The van der Waals surface area contributed by atoms with Gasteiger partial charge in [-0.25, -0.2) is 0 Å². The molecule has 1 rings (SSSR count). The monoisotopic (exact) mass is 253 g/mol. The van der Waals surface area contributed by atoms with Crippen LogP contribution in [0.4, 0.5) is 0 Å². The molecule has 0 aromatic heterocycles. The van der Waals surface area contributed by atoms with Crippen LogP contribution in [0.3, 0.4) is 0 Å². The zero-order valence-electron chi connectivity index (χ0n) is 10.2. The second-order valence-electron chi connectivity index (χ2n) is 3.63. The van der Waals surface area contributed by atoms with Crippen molar-refractivity contribution in [2.75, 3.05) is 13.2 Å². The number of hydrogen-bond donors (Lipinski definition) is 1. The highest BCUT2D eigenvalue weighted by atomic mass is 35.5. The van der Waals surface area contributed by atoms with E-state index in [9.17, 15) is 0 Å². The van der Waals surface area contributed by atoms with Crippen LogP contribution in [0.2, 0.25) is 0 Å². The highest BCUT2D eigenvalue weighted by molar-refractivity contribution is 5.85. The molecule has 0 amide bonds. The number of halogens is 1. The van der Waals surface area contributed by atoms with Gasteiger partial charge in [0.1, 0.15) is 12.4 Å². The maximum absolute atomic E-state index is 5.47. The Hall–Kier alpha value is -1.17. The van der Waals surface area contributed by atoms with Gasteiger partial charge in [0.15, 0.2) is 0 Å². The summed E-state index contributed by atoms with van der Waals surface area (Å²) in [5, 5.41) is 3.39. The van der Waals surface area contributed by atoms with Crippen molar-refractivity contribution >= 4 is 12.4 Å². The lowest BCUT2D eigenvalue weighted by Crippen LogP contribution is -2.15. The lowest BCUT2D eigenvalue weighted by atomic mass is 10.2. The average Bonchev–Trinajstić information content (AvgIpc) is 2.33. The molecular formula is C14H20ClNO. The fourth-order valence-corrected chi connectivity index (χ4v) is 1.43. The van der Waals surface area contributed by atoms with E-state index in [1.54, 1.807) is 0 Å². The Kier molecular flexibility index (Phi) is 9.33. The van der Waals surface area contributed by atoms with Crippen LogP contribution in [0.25, 0.3) is 0 Å². The molecule has 2 nitrogen and oxygen atoms in total. The standard InChI is InChI=1S/C14H19NO.ClH/c1-3-5-10-15-12-13-8-6-7-9-14(13)16-11-4-2;/h2,6-9,15H,3,5,10-12H2,1H3;1H. The molecule has 0 aliphatic heterocycles. The molecule has 0 radical (unpaired) electrons. The van der Waals surface area contributed by atoms with Crippen LogP contribution in [0.15, 0.2) is 24.3 Å². The van der Waals surface area contributed by atoms with Gasteiger partial charge in [-0.05, 0) is 19.0 Å². The molecule has 3 heteroatoms. The summed E-state index contributed by atoms with van der Waals surface area (Å²) in [6, 6.07) is 7.99. The lowest BCUT2D eigenvalue weighted by Gasteiger charge is -2.10. The molecule has 1 N–H and O–H groups in total. The number of rotatable bonds is 7. The van der Waals surface area contributed by atoms with E-state index >= 15 is 0 Å². The summed E-state index contributed by atoms with van der Waals surface area (Å²) in [5.41, 5.74) is 1.16. The van der Waals surface area contributed by atoms with E-state index in [1.807, 2.05) is 18.2 Å². The summed E-state index contributed by atoms with van der Waals surface area (Å²) in [4.78, 5) is 0. The summed E-state index contributed by atoms with van der Waals surface area (Å²) in [6.07, 6.45) is 7.59. The molecule has 94 valence electrons. The fraction of sp³-hybridized carbons (Fsp3) is 0.429. The van der Waals surface area contributed by atoms with Gasteiger partial charge in [0.05, 0.1) is 0 Å². The molecule has 0 aliphatic carbocycles. The predicted molar refractivity (Wildman–Crippen MR) is 74.6 cm³/mol. The number of hydrogen-bond acceptors (Lipinski definition) is 2. The molecule has 0 saturated carbocycles. The van der Waals surface area contributed by atoms with Crippen molar-refractivity contribution in [1.29, 1.82) is 0 Å². The molecule has 0 atom stereocenters. The Labute approximate surface area is 110 Å². The molecule has 0 spiro atoms. The predicted octanol–water partition coefficient (Wildman–Crippen LogP) is 3.01. The van der Waals surface area contributed by atoms with Crippen LogP contribution in [-0.2, 0) is 6.54 Å². The van der Waals surface area contributed by atoms with E-state index in [0.717, 1.165) is 24.4 Å². The van der Waals surface area contributed by atoms with Crippen LogP contribution >= 0.6 is 12.4 Å². The quantitative estimate of drug-likeness (QED) is 0.596. The smallest absolute Gasteiger partial charge is 0.148 e. The maximum Gasteiger partial charge on any atom is 0.148 e. The average molecular weight is 254 g/mol. The van der Waals surface area contributed by atoms with Gasteiger partial charge in [0, 0.05) is 12.1 Å². The minimum atomic E-state index is 0. The highest BCUT2D eigenvalue weighted by Gasteiger charge is 2.01. The second-order valence-corrected chi connectivity index (χ2v) is 3.63. The van der Waals surface area contributed by atoms with E-state index < -0.39 is 0 Å². The molecule has 0 fully saturated rings. The molecule has 0 unspecified atom stereocenters. The number of benzene rings is 1. The first-order chi connectivity index (χ1) is 7.88. The molecule has 0 heterocycles. The van der Waals surface area contributed by atoms with Crippen molar-refractivity contribution < 1.29 is 4.74 Å². The Morgan fingerprint density at radius 3 is 2.82 bits per heavy atom. The Bertz CT molecular complexity index is 346. The molecule has 0 aliphatic rings. The van der Waals surface area contributed by atoms with Crippen LogP contribution in [0.1, 0.15) is 25.3 Å². The SMILES string of the molecule is C#CCOc1ccccc1CNCCCC.Cl. The summed E-state index contributed by atoms with van der Waals surface area (Å²) < 4.78 is 5.47. The first kappa shape index (κ1) is 15.8. The van der Waals surface area contributed by atoms with Crippen molar-refractivity contribution in [2.24, 2.45) is 0 Å². The molecule has 17 heavy (non-hydrogen) atoms. The van der Waals surface area contributed by atoms with Crippen LogP contribution in [-0.4, -0.2) is 13.2 Å². The van der Waals surface area contributed by atoms with Crippen molar-refractivity contribution in [3.8, 4) is 18.1 Å². The van der Waals surface area contributed by atoms with Crippen LogP contribution < -0.4 is 10.1 Å². The minimum absolute atomic E-state index is 0. The number of para-hydroxylation sites is 1. The van der Waals surface area contributed by atoms with E-state index in [2.05, 4.69) is 24.2 Å². The van der Waals surface area contributed by atoms with Gasteiger partial charge >= 0.3 is 0 Å². The van der Waals surface area contributed by atoms with Crippen LogP contribution in [0.5, 0.6) is 5.75 Å². The van der Waals surface area contributed by atoms with E-state index in [-0.39, 0.29) is 12.4 Å². The third-order valence-corrected chi connectivity index (χ3v) is 2.31. The first-order valence-corrected chi connectivity index (χ1v) is 5.73. The van der Waals surface area contributed by atoms with E-state index in [4.69, 9.17) is 11.2 Å². The summed E-state index contributed by atoms with van der Waals surface area (Å²) in [7, 11) is 0. The first-order valence-electron chi connectivity index (χ1n) is 5.73. The van der Waals surface area contributed by atoms with Gasteiger partial charge in [-0.15, -0.1) is 18.8 Å². The second kappa shape index (κ2) is 10.0. The number of unbranched alkanes of at least 4 members (excludes halogenated alkanes) is 1. The van der Waals surface area contributed by atoms with Gasteiger partial charge in [0.2, 0.25) is 0 Å². The topological polar surface area (TPSA) is 21.3 Å². The van der Waals surface area contributed by atoms with Gasteiger partial charge in [-0.1, -0.05) is 37.5 Å². The fourth-order valence-electron chi connectivity index (χ4n) is 1.43. The van der Waals surface area contributed by atoms with Gasteiger partial charge in [-0.3, -0.25) is 0 Å². The maximum atomic E-state index is 5.47. The third kappa shape index (κ3) is 6.21.